The van der Waals surface area contributed by atoms with Crippen molar-refractivity contribution in [2.24, 2.45) is 11.1 Å². The zero-order valence-electron chi connectivity index (χ0n) is 14.2. The maximum absolute atomic E-state index is 12.8. The lowest BCUT2D eigenvalue weighted by atomic mass is 9.90. The number of carbonyl (C=O) groups excluding carboxylic acids is 1. The second kappa shape index (κ2) is 6.61. The van der Waals surface area contributed by atoms with Crippen molar-refractivity contribution >= 4 is 5.91 Å². The molecule has 5 nitrogen and oxygen atoms in total. The van der Waals surface area contributed by atoms with Gasteiger partial charge in [-0.3, -0.25) is 9.78 Å². The van der Waals surface area contributed by atoms with Gasteiger partial charge in [0.15, 0.2) is 0 Å². The number of nitrogens with two attached hydrogens (primary N) is 1. The van der Waals surface area contributed by atoms with E-state index in [2.05, 4.69) is 11.9 Å². The number of rotatable bonds is 4. The number of aromatic nitrogens is 1. The van der Waals surface area contributed by atoms with E-state index < -0.39 is 0 Å². The van der Waals surface area contributed by atoms with E-state index in [0.717, 1.165) is 29.8 Å². The highest BCUT2D eigenvalue weighted by Gasteiger charge is 2.35. The normalized spacial score (nSPS) is 20.2. The minimum atomic E-state index is 0.0232. The number of hydrogen-bond donors (Lipinski definition) is 1. The standard InChI is InChI=1S/C19H23N3O2/c1-19(12-20)7-8-22(13-19)18(23)16-9-15(10-21-11-16)14-3-5-17(24-2)6-4-14/h3-6,9-11H,7-8,12-13,20H2,1-2H3. The molecule has 2 N–H and O–H groups in total. The van der Waals surface area contributed by atoms with Crippen molar-refractivity contribution in [3.63, 3.8) is 0 Å². The fourth-order valence-corrected chi connectivity index (χ4v) is 3.04. The van der Waals surface area contributed by atoms with Crippen molar-refractivity contribution < 1.29 is 9.53 Å². The van der Waals surface area contributed by atoms with E-state index in [1.54, 1.807) is 19.5 Å². The topological polar surface area (TPSA) is 68.5 Å². The lowest BCUT2D eigenvalue weighted by molar-refractivity contribution is 0.0776. The second-order valence-corrected chi connectivity index (χ2v) is 6.68. The molecular formula is C19H23N3O2. The molecule has 24 heavy (non-hydrogen) atoms. The summed E-state index contributed by atoms with van der Waals surface area (Å²) in [7, 11) is 1.64. The van der Waals surface area contributed by atoms with Crippen molar-refractivity contribution in [2.45, 2.75) is 13.3 Å². The summed E-state index contributed by atoms with van der Waals surface area (Å²) in [6.45, 7) is 4.18. The summed E-state index contributed by atoms with van der Waals surface area (Å²) in [6, 6.07) is 9.63. The molecule has 1 aromatic heterocycles. The Labute approximate surface area is 142 Å². The van der Waals surface area contributed by atoms with Gasteiger partial charge in [-0.15, -0.1) is 0 Å². The Bertz CT molecular complexity index is 730. The molecule has 1 aliphatic rings. The number of amides is 1. The molecule has 0 bridgehead atoms. The van der Waals surface area contributed by atoms with Crippen LogP contribution in [0, 0.1) is 5.41 Å². The van der Waals surface area contributed by atoms with Crippen LogP contribution in [-0.2, 0) is 0 Å². The number of hydrogen-bond acceptors (Lipinski definition) is 4. The molecule has 0 saturated carbocycles. The van der Waals surface area contributed by atoms with E-state index in [-0.39, 0.29) is 11.3 Å². The predicted molar refractivity (Wildman–Crippen MR) is 93.9 cm³/mol. The maximum Gasteiger partial charge on any atom is 0.255 e. The van der Waals surface area contributed by atoms with Crippen LogP contribution in [-0.4, -0.2) is 42.5 Å². The Kier molecular flexibility index (Phi) is 4.53. The smallest absolute Gasteiger partial charge is 0.255 e. The molecule has 0 aliphatic carbocycles. The first-order valence-corrected chi connectivity index (χ1v) is 8.13. The third-order valence-corrected chi connectivity index (χ3v) is 4.75. The van der Waals surface area contributed by atoms with Crippen molar-refractivity contribution in [2.75, 3.05) is 26.7 Å². The van der Waals surface area contributed by atoms with Crippen molar-refractivity contribution in [3.05, 3.63) is 48.3 Å². The van der Waals surface area contributed by atoms with Gasteiger partial charge >= 0.3 is 0 Å². The van der Waals surface area contributed by atoms with Gasteiger partial charge in [-0.2, -0.15) is 0 Å². The quantitative estimate of drug-likeness (QED) is 0.938. The van der Waals surface area contributed by atoms with Crippen LogP contribution in [0.4, 0.5) is 0 Å². The van der Waals surface area contributed by atoms with Gasteiger partial charge in [0.25, 0.3) is 5.91 Å². The third kappa shape index (κ3) is 3.26. The molecule has 0 radical (unpaired) electrons. The van der Waals surface area contributed by atoms with E-state index in [9.17, 15) is 4.79 Å². The SMILES string of the molecule is COc1ccc(-c2cncc(C(=O)N3CCC(C)(CN)C3)c2)cc1. The molecule has 5 heteroatoms. The summed E-state index contributed by atoms with van der Waals surface area (Å²) in [4.78, 5) is 18.9. The van der Waals surface area contributed by atoms with Crippen molar-refractivity contribution in [3.8, 4) is 16.9 Å². The van der Waals surface area contributed by atoms with Gasteiger partial charge in [-0.05, 0) is 42.1 Å². The van der Waals surface area contributed by atoms with Crippen LogP contribution >= 0.6 is 0 Å². The maximum atomic E-state index is 12.8. The summed E-state index contributed by atoms with van der Waals surface area (Å²) in [5.41, 5.74) is 8.40. The molecule has 3 rings (SSSR count). The average Bonchev–Trinajstić information content (AvgIpc) is 3.04. The number of pyridine rings is 1. The fraction of sp³-hybridized carbons (Fsp3) is 0.368. The fourth-order valence-electron chi connectivity index (χ4n) is 3.04. The van der Waals surface area contributed by atoms with E-state index in [0.29, 0.717) is 18.7 Å². The van der Waals surface area contributed by atoms with E-state index in [1.165, 1.54) is 0 Å². The summed E-state index contributed by atoms with van der Waals surface area (Å²) >= 11 is 0. The highest BCUT2D eigenvalue weighted by molar-refractivity contribution is 5.95. The Morgan fingerprint density at radius 2 is 2.04 bits per heavy atom. The monoisotopic (exact) mass is 325 g/mol. The second-order valence-electron chi connectivity index (χ2n) is 6.68. The number of methoxy groups -OCH3 is 1. The molecule has 1 fully saturated rings. The van der Waals surface area contributed by atoms with Gasteiger partial charge in [0.2, 0.25) is 0 Å². The molecule has 1 aromatic carbocycles. The van der Waals surface area contributed by atoms with Crippen molar-refractivity contribution in [1.29, 1.82) is 0 Å². The minimum absolute atomic E-state index is 0.0232. The van der Waals surface area contributed by atoms with Gasteiger partial charge < -0.3 is 15.4 Å². The van der Waals surface area contributed by atoms with Crippen LogP contribution < -0.4 is 10.5 Å². The molecule has 126 valence electrons. The molecule has 1 saturated heterocycles. The molecular weight excluding hydrogens is 302 g/mol. The average molecular weight is 325 g/mol. The predicted octanol–water partition coefficient (Wildman–Crippen LogP) is 2.57. The number of likely N-dealkylation sites (tertiary alicyclic amines) is 1. The first-order chi connectivity index (χ1) is 11.5. The Morgan fingerprint density at radius 3 is 2.67 bits per heavy atom. The van der Waals surface area contributed by atoms with Gasteiger partial charge in [-0.1, -0.05) is 19.1 Å². The highest BCUT2D eigenvalue weighted by atomic mass is 16.5. The van der Waals surface area contributed by atoms with E-state index in [4.69, 9.17) is 10.5 Å². The lowest BCUT2D eigenvalue weighted by Gasteiger charge is -2.22. The van der Waals surface area contributed by atoms with E-state index >= 15 is 0 Å². The van der Waals surface area contributed by atoms with E-state index in [1.807, 2.05) is 35.2 Å². The summed E-state index contributed by atoms with van der Waals surface area (Å²) in [5.74, 6) is 0.826. The first-order valence-electron chi connectivity index (χ1n) is 8.13. The number of nitrogens with zero attached hydrogens (tertiary/aromatic N) is 2. The van der Waals surface area contributed by atoms with Gasteiger partial charge in [0, 0.05) is 31.0 Å². The largest absolute Gasteiger partial charge is 0.497 e. The number of ether oxygens (including phenoxy) is 1. The zero-order valence-corrected chi connectivity index (χ0v) is 14.2. The number of benzene rings is 1. The van der Waals surface area contributed by atoms with Crippen LogP contribution in [0.5, 0.6) is 5.75 Å². The van der Waals surface area contributed by atoms with Gasteiger partial charge in [0.05, 0.1) is 12.7 Å². The number of carbonyl (C=O) groups is 1. The van der Waals surface area contributed by atoms with Crippen LogP contribution in [0.2, 0.25) is 0 Å². The van der Waals surface area contributed by atoms with Gasteiger partial charge in [0.1, 0.15) is 5.75 Å². The molecule has 1 atom stereocenters. The Hall–Kier alpha value is -2.40. The first kappa shape index (κ1) is 16.5. The van der Waals surface area contributed by atoms with Crippen molar-refractivity contribution in [1.82, 2.24) is 9.88 Å². The van der Waals surface area contributed by atoms with Crippen LogP contribution in [0.25, 0.3) is 11.1 Å². The zero-order chi connectivity index (χ0) is 17.2. The summed E-state index contributed by atoms with van der Waals surface area (Å²) in [5, 5.41) is 0. The lowest BCUT2D eigenvalue weighted by Crippen LogP contribution is -2.34. The van der Waals surface area contributed by atoms with Crippen LogP contribution in [0.3, 0.4) is 0 Å². The Morgan fingerprint density at radius 1 is 1.29 bits per heavy atom. The molecule has 0 spiro atoms. The van der Waals surface area contributed by atoms with Crippen LogP contribution in [0.1, 0.15) is 23.7 Å². The Balaban J connectivity index is 1.81. The molecule has 2 aromatic rings. The summed E-state index contributed by atoms with van der Waals surface area (Å²) < 4.78 is 5.18. The third-order valence-electron chi connectivity index (χ3n) is 4.75. The van der Waals surface area contributed by atoms with Crippen LogP contribution in [0.15, 0.2) is 42.7 Å². The highest BCUT2D eigenvalue weighted by Crippen LogP contribution is 2.30. The molecule has 1 unspecified atom stereocenters. The van der Waals surface area contributed by atoms with Gasteiger partial charge in [-0.25, -0.2) is 0 Å². The minimum Gasteiger partial charge on any atom is -0.497 e. The molecule has 1 aliphatic heterocycles. The molecule has 1 amide bonds. The molecule has 2 heterocycles. The summed E-state index contributed by atoms with van der Waals surface area (Å²) in [6.07, 6.45) is 4.35.